The summed E-state index contributed by atoms with van der Waals surface area (Å²) in [6, 6.07) is 9.62. The summed E-state index contributed by atoms with van der Waals surface area (Å²) in [7, 11) is 1.84. The van der Waals surface area contributed by atoms with E-state index in [1.54, 1.807) is 6.92 Å². The summed E-state index contributed by atoms with van der Waals surface area (Å²) in [6.07, 6.45) is 0. The number of thiazole rings is 1. The number of carbonyl (C=O) groups is 1. The molecule has 1 atom stereocenters. The van der Waals surface area contributed by atoms with E-state index in [9.17, 15) is 4.79 Å². The zero-order chi connectivity index (χ0) is 13.1. The summed E-state index contributed by atoms with van der Waals surface area (Å²) < 4.78 is 1.83. The van der Waals surface area contributed by atoms with Crippen LogP contribution in [0.15, 0.2) is 40.7 Å². The molecule has 1 unspecified atom stereocenters. The monoisotopic (exact) mass is 262 g/mol. The van der Waals surface area contributed by atoms with E-state index in [4.69, 9.17) is 5.11 Å². The van der Waals surface area contributed by atoms with Crippen molar-refractivity contribution >= 4 is 23.0 Å². The van der Waals surface area contributed by atoms with Gasteiger partial charge in [-0.1, -0.05) is 18.2 Å². The number of carboxylic acids is 1. The lowest BCUT2D eigenvalue weighted by atomic mass is 10.1. The van der Waals surface area contributed by atoms with Gasteiger partial charge in [-0.2, -0.15) is 0 Å². The smallest absolute Gasteiger partial charge is 0.312 e. The standard InChI is InChI=1S/C13H14N2O2S/c1-9(12(16)17)11-8-18-13(15(11)2)14-10-6-4-3-5-7-10/h3-9H,1-2H3,(H,16,17)/b14-13+. The summed E-state index contributed by atoms with van der Waals surface area (Å²) >= 11 is 1.45. The molecule has 0 aliphatic carbocycles. The van der Waals surface area contributed by atoms with Gasteiger partial charge < -0.3 is 9.67 Å². The lowest BCUT2D eigenvalue weighted by Gasteiger charge is -2.06. The van der Waals surface area contributed by atoms with Crippen LogP contribution in [0.3, 0.4) is 0 Å². The Balaban J connectivity index is 2.43. The summed E-state index contributed by atoms with van der Waals surface area (Å²) in [6.45, 7) is 1.68. The van der Waals surface area contributed by atoms with Crippen LogP contribution in [0, 0.1) is 0 Å². The van der Waals surface area contributed by atoms with Crippen LogP contribution in [0.4, 0.5) is 5.69 Å². The minimum atomic E-state index is -0.824. The van der Waals surface area contributed by atoms with E-state index in [1.807, 2.05) is 47.3 Å². The molecule has 0 saturated carbocycles. The molecule has 0 saturated heterocycles. The van der Waals surface area contributed by atoms with Crippen molar-refractivity contribution in [2.75, 3.05) is 0 Å². The van der Waals surface area contributed by atoms with Crippen LogP contribution in [0.25, 0.3) is 0 Å². The number of aromatic nitrogens is 1. The molecule has 1 heterocycles. The first-order valence-corrected chi connectivity index (χ1v) is 6.44. The normalized spacial score (nSPS) is 13.6. The summed E-state index contributed by atoms with van der Waals surface area (Å²) in [5.74, 6) is -1.35. The Morgan fingerprint density at radius 3 is 2.67 bits per heavy atom. The molecule has 0 aliphatic rings. The fraction of sp³-hybridized carbons (Fsp3) is 0.231. The van der Waals surface area contributed by atoms with Crippen molar-refractivity contribution in [3.05, 3.63) is 46.2 Å². The van der Waals surface area contributed by atoms with Gasteiger partial charge in [0.2, 0.25) is 0 Å². The minimum absolute atomic E-state index is 0.522. The lowest BCUT2D eigenvalue weighted by molar-refractivity contribution is -0.138. The number of hydrogen-bond donors (Lipinski definition) is 1. The first kappa shape index (κ1) is 12.6. The highest BCUT2D eigenvalue weighted by molar-refractivity contribution is 7.07. The van der Waals surface area contributed by atoms with Gasteiger partial charge in [-0.25, -0.2) is 4.99 Å². The fourth-order valence-electron chi connectivity index (χ4n) is 1.61. The van der Waals surface area contributed by atoms with E-state index in [1.165, 1.54) is 11.3 Å². The third kappa shape index (κ3) is 2.51. The lowest BCUT2D eigenvalue weighted by Crippen LogP contribution is -2.18. The van der Waals surface area contributed by atoms with E-state index in [2.05, 4.69) is 4.99 Å². The van der Waals surface area contributed by atoms with Crippen molar-refractivity contribution in [3.8, 4) is 0 Å². The maximum absolute atomic E-state index is 11.0. The number of hydrogen-bond acceptors (Lipinski definition) is 3. The fourth-order valence-corrected chi connectivity index (χ4v) is 2.63. The van der Waals surface area contributed by atoms with Crippen LogP contribution in [-0.2, 0) is 11.8 Å². The summed E-state index contributed by atoms with van der Waals surface area (Å²) in [5, 5.41) is 10.9. The maximum Gasteiger partial charge on any atom is 0.312 e. The highest BCUT2D eigenvalue weighted by Gasteiger charge is 2.17. The van der Waals surface area contributed by atoms with Gasteiger partial charge in [0.15, 0.2) is 4.80 Å². The number of carboxylic acid groups (broad SMARTS) is 1. The van der Waals surface area contributed by atoms with Gasteiger partial charge in [0, 0.05) is 18.1 Å². The van der Waals surface area contributed by atoms with Crippen LogP contribution in [0.5, 0.6) is 0 Å². The number of para-hydroxylation sites is 1. The van der Waals surface area contributed by atoms with Crippen molar-refractivity contribution in [2.45, 2.75) is 12.8 Å². The Kier molecular flexibility index (Phi) is 3.62. The van der Waals surface area contributed by atoms with Gasteiger partial charge >= 0.3 is 5.97 Å². The molecule has 2 rings (SSSR count). The zero-order valence-corrected chi connectivity index (χ0v) is 11.0. The van der Waals surface area contributed by atoms with E-state index in [0.717, 1.165) is 16.2 Å². The van der Waals surface area contributed by atoms with Gasteiger partial charge in [0.05, 0.1) is 11.6 Å². The predicted octanol–water partition coefficient (Wildman–Crippen LogP) is 2.51. The average molecular weight is 262 g/mol. The van der Waals surface area contributed by atoms with Crippen molar-refractivity contribution < 1.29 is 9.90 Å². The molecule has 4 nitrogen and oxygen atoms in total. The van der Waals surface area contributed by atoms with Gasteiger partial charge in [-0.15, -0.1) is 11.3 Å². The topological polar surface area (TPSA) is 54.6 Å². The Morgan fingerprint density at radius 1 is 1.39 bits per heavy atom. The summed E-state index contributed by atoms with van der Waals surface area (Å²) in [5.41, 5.74) is 1.63. The molecule has 0 amide bonds. The Morgan fingerprint density at radius 2 is 2.06 bits per heavy atom. The van der Waals surface area contributed by atoms with Crippen LogP contribution in [-0.4, -0.2) is 15.6 Å². The Hall–Kier alpha value is -1.88. The molecule has 0 aliphatic heterocycles. The van der Waals surface area contributed by atoms with Gasteiger partial charge in [0.1, 0.15) is 0 Å². The maximum atomic E-state index is 11.0. The van der Waals surface area contributed by atoms with Crippen molar-refractivity contribution in [2.24, 2.45) is 12.0 Å². The SMILES string of the molecule is CC(C(=O)O)c1cs/c(=N/c2ccccc2)n1C. The van der Waals surface area contributed by atoms with E-state index in [-0.39, 0.29) is 0 Å². The average Bonchev–Trinajstić information content (AvgIpc) is 2.71. The van der Waals surface area contributed by atoms with E-state index in [0.29, 0.717) is 0 Å². The summed E-state index contributed by atoms with van der Waals surface area (Å²) in [4.78, 5) is 16.3. The molecule has 0 radical (unpaired) electrons. The van der Waals surface area contributed by atoms with E-state index < -0.39 is 11.9 Å². The third-order valence-electron chi connectivity index (χ3n) is 2.75. The number of nitrogens with zero attached hydrogens (tertiary/aromatic N) is 2. The molecule has 1 aromatic heterocycles. The quantitative estimate of drug-likeness (QED) is 0.924. The highest BCUT2D eigenvalue weighted by Crippen LogP contribution is 2.16. The second-order valence-electron chi connectivity index (χ2n) is 4.01. The molecule has 5 heteroatoms. The Bertz CT molecular complexity index is 613. The number of aliphatic carboxylic acids is 1. The zero-order valence-electron chi connectivity index (χ0n) is 10.2. The van der Waals surface area contributed by atoms with Crippen LogP contribution < -0.4 is 4.80 Å². The largest absolute Gasteiger partial charge is 0.481 e. The third-order valence-corrected chi connectivity index (χ3v) is 3.69. The first-order chi connectivity index (χ1) is 8.59. The number of benzene rings is 1. The molecule has 0 fully saturated rings. The van der Waals surface area contributed by atoms with Crippen molar-refractivity contribution in [3.63, 3.8) is 0 Å². The van der Waals surface area contributed by atoms with Crippen LogP contribution in [0.1, 0.15) is 18.5 Å². The van der Waals surface area contributed by atoms with Gasteiger partial charge in [-0.3, -0.25) is 4.79 Å². The molecule has 0 bridgehead atoms. The molecule has 18 heavy (non-hydrogen) atoms. The second kappa shape index (κ2) is 5.18. The Labute approximate surface area is 109 Å². The molecule has 2 aromatic rings. The second-order valence-corrected chi connectivity index (χ2v) is 4.85. The van der Waals surface area contributed by atoms with Crippen molar-refractivity contribution in [1.82, 2.24) is 4.57 Å². The van der Waals surface area contributed by atoms with Crippen molar-refractivity contribution in [1.29, 1.82) is 0 Å². The highest BCUT2D eigenvalue weighted by atomic mass is 32.1. The van der Waals surface area contributed by atoms with Gasteiger partial charge in [-0.05, 0) is 19.1 Å². The van der Waals surface area contributed by atoms with Gasteiger partial charge in [0.25, 0.3) is 0 Å². The molecule has 1 N–H and O–H groups in total. The van der Waals surface area contributed by atoms with Crippen LogP contribution in [0.2, 0.25) is 0 Å². The van der Waals surface area contributed by atoms with Crippen LogP contribution >= 0.6 is 11.3 Å². The molecule has 94 valence electrons. The predicted molar refractivity (Wildman–Crippen MR) is 71.0 cm³/mol. The number of rotatable bonds is 3. The first-order valence-electron chi connectivity index (χ1n) is 5.56. The molecule has 0 spiro atoms. The van der Waals surface area contributed by atoms with E-state index >= 15 is 0 Å². The molecular formula is C13H14N2O2S. The molecule has 1 aromatic carbocycles. The minimum Gasteiger partial charge on any atom is -0.481 e. The molecular weight excluding hydrogens is 248 g/mol.